The topological polar surface area (TPSA) is 33.7 Å². The van der Waals surface area contributed by atoms with Gasteiger partial charge in [0.15, 0.2) is 11.5 Å². The molecular formula is C15H25ClN2O2. The zero-order valence-electron chi connectivity index (χ0n) is 12.5. The van der Waals surface area contributed by atoms with Gasteiger partial charge >= 0.3 is 0 Å². The second kappa shape index (κ2) is 8.35. The van der Waals surface area contributed by atoms with E-state index >= 15 is 0 Å². The average Bonchev–Trinajstić information content (AvgIpc) is 2.39. The van der Waals surface area contributed by atoms with Crippen LogP contribution in [0.2, 0.25) is 0 Å². The van der Waals surface area contributed by atoms with E-state index in [1.165, 1.54) is 5.56 Å². The number of hydrogen-bond donors (Lipinski definition) is 1. The Morgan fingerprint density at radius 1 is 1.35 bits per heavy atom. The molecule has 2 rings (SSSR count). The Labute approximate surface area is 127 Å². The van der Waals surface area contributed by atoms with Gasteiger partial charge < -0.3 is 14.8 Å². The number of halogens is 1. The summed E-state index contributed by atoms with van der Waals surface area (Å²) in [5, 5.41) is 3.46. The van der Waals surface area contributed by atoms with Gasteiger partial charge in [-0.25, -0.2) is 0 Å². The van der Waals surface area contributed by atoms with Gasteiger partial charge in [0.25, 0.3) is 0 Å². The third-order valence-corrected chi connectivity index (χ3v) is 3.39. The molecule has 0 spiro atoms. The molecule has 0 aliphatic carbocycles. The molecule has 1 heterocycles. The lowest BCUT2D eigenvalue weighted by Crippen LogP contribution is -2.48. The minimum atomic E-state index is 0. The van der Waals surface area contributed by atoms with E-state index in [0.29, 0.717) is 12.6 Å². The first-order valence-electron chi connectivity index (χ1n) is 6.98. The van der Waals surface area contributed by atoms with Crippen molar-refractivity contribution in [3.8, 4) is 11.5 Å². The molecule has 0 amide bonds. The third-order valence-electron chi connectivity index (χ3n) is 3.39. The third kappa shape index (κ3) is 4.54. The van der Waals surface area contributed by atoms with E-state index in [1.807, 2.05) is 13.0 Å². The van der Waals surface area contributed by atoms with Crippen molar-refractivity contribution in [3.63, 3.8) is 0 Å². The summed E-state index contributed by atoms with van der Waals surface area (Å²) in [6.07, 6.45) is 0. The summed E-state index contributed by atoms with van der Waals surface area (Å²) < 4.78 is 10.9. The molecule has 1 saturated heterocycles. The maximum atomic E-state index is 5.62. The fourth-order valence-electron chi connectivity index (χ4n) is 2.50. The van der Waals surface area contributed by atoms with Crippen LogP contribution in [0.3, 0.4) is 0 Å². The Kier molecular flexibility index (Phi) is 7.13. The van der Waals surface area contributed by atoms with Gasteiger partial charge in [0.2, 0.25) is 0 Å². The molecule has 1 aliphatic heterocycles. The zero-order chi connectivity index (χ0) is 13.7. The van der Waals surface area contributed by atoms with Crippen molar-refractivity contribution in [2.75, 3.05) is 33.4 Å². The molecule has 1 unspecified atom stereocenters. The van der Waals surface area contributed by atoms with Crippen LogP contribution < -0.4 is 14.8 Å². The molecule has 0 saturated carbocycles. The summed E-state index contributed by atoms with van der Waals surface area (Å²) in [6.45, 7) is 9.10. The van der Waals surface area contributed by atoms with Gasteiger partial charge in [-0.15, -0.1) is 12.4 Å². The highest BCUT2D eigenvalue weighted by Crippen LogP contribution is 2.28. The molecule has 20 heavy (non-hydrogen) atoms. The van der Waals surface area contributed by atoms with Crippen LogP contribution in [0.4, 0.5) is 0 Å². The van der Waals surface area contributed by atoms with Gasteiger partial charge in [-0.2, -0.15) is 0 Å². The minimum Gasteiger partial charge on any atom is -0.493 e. The normalized spacial score (nSPS) is 19.2. The highest BCUT2D eigenvalue weighted by molar-refractivity contribution is 5.85. The first kappa shape index (κ1) is 17.1. The molecule has 0 aromatic heterocycles. The van der Waals surface area contributed by atoms with Crippen LogP contribution in [0.15, 0.2) is 18.2 Å². The van der Waals surface area contributed by atoms with Crippen LogP contribution in [-0.2, 0) is 6.54 Å². The van der Waals surface area contributed by atoms with E-state index < -0.39 is 0 Å². The van der Waals surface area contributed by atoms with Crippen molar-refractivity contribution >= 4 is 12.4 Å². The lowest BCUT2D eigenvalue weighted by Gasteiger charge is -2.31. The van der Waals surface area contributed by atoms with Gasteiger partial charge in [0, 0.05) is 32.2 Å². The van der Waals surface area contributed by atoms with E-state index in [-0.39, 0.29) is 12.4 Å². The van der Waals surface area contributed by atoms with E-state index in [4.69, 9.17) is 9.47 Å². The van der Waals surface area contributed by atoms with Crippen molar-refractivity contribution in [3.05, 3.63) is 23.8 Å². The summed E-state index contributed by atoms with van der Waals surface area (Å²) in [7, 11) is 1.68. The van der Waals surface area contributed by atoms with E-state index in [9.17, 15) is 0 Å². The van der Waals surface area contributed by atoms with Crippen molar-refractivity contribution in [2.24, 2.45) is 0 Å². The number of rotatable bonds is 5. The van der Waals surface area contributed by atoms with Crippen LogP contribution in [0.25, 0.3) is 0 Å². The maximum absolute atomic E-state index is 5.62. The predicted octanol–water partition coefficient (Wildman–Crippen LogP) is 2.31. The second-order valence-electron chi connectivity index (χ2n) is 5.01. The summed E-state index contributed by atoms with van der Waals surface area (Å²) in [5.74, 6) is 1.64. The van der Waals surface area contributed by atoms with Gasteiger partial charge in [0.05, 0.1) is 13.7 Å². The monoisotopic (exact) mass is 300 g/mol. The maximum Gasteiger partial charge on any atom is 0.161 e. The Hall–Kier alpha value is -0.970. The van der Waals surface area contributed by atoms with Crippen LogP contribution in [-0.4, -0.2) is 44.3 Å². The molecule has 1 N–H and O–H groups in total. The molecule has 1 atom stereocenters. The largest absolute Gasteiger partial charge is 0.493 e. The van der Waals surface area contributed by atoms with E-state index in [0.717, 1.165) is 37.7 Å². The predicted molar refractivity (Wildman–Crippen MR) is 84.2 cm³/mol. The molecule has 4 nitrogen and oxygen atoms in total. The van der Waals surface area contributed by atoms with Crippen LogP contribution in [0.5, 0.6) is 11.5 Å². The molecule has 0 radical (unpaired) electrons. The van der Waals surface area contributed by atoms with Gasteiger partial charge in [-0.3, -0.25) is 4.90 Å². The molecule has 1 aromatic carbocycles. The molecular weight excluding hydrogens is 276 g/mol. The number of hydrogen-bond acceptors (Lipinski definition) is 4. The molecule has 1 aliphatic rings. The summed E-state index contributed by atoms with van der Waals surface area (Å²) in [5.41, 5.74) is 1.28. The minimum absolute atomic E-state index is 0. The fourth-order valence-corrected chi connectivity index (χ4v) is 2.50. The van der Waals surface area contributed by atoms with Crippen LogP contribution in [0.1, 0.15) is 19.4 Å². The van der Waals surface area contributed by atoms with Gasteiger partial charge in [-0.05, 0) is 31.5 Å². The van der Waals surface area contributed by atoms with E-state index in [1.54, 1.807) is 7.11 Å². The summed E-state index contributed by atoms with van der Waals surface area (Å²) >= 11 is 0. The smallest absolute Gasteiger partial charge is 0.161 e. The van der Waals surface area contributed by atoms with Crippen LogP contribution >= 0.6 is 12.4 Å². The lowest BCUT2D eigenvalue weighted by molar-refractivity contribution is 0.199. The Morgan fingerprint density at radius 3 is 2.80 bits per heavy atom. The molecule has 114 valence electrons. The zero-order valence-corrected chi connectivity index (χ0v) is 13.3. The molecule has 5 heteroatoms. The number of ether oxygens (including phenoxy) is 2. The number of methoxy groups -OCH3 is 1. The first-order valence-corrected chi connectivity index (χ1v) is 6.98. The second-order valence-corrected chi connectivity index (χ2v) is 5.01. The first-order chi connectivity index (χ1) is 9.22. The number of piperazine rings is 1. The summed E-state index contributed by atoms with van der Waals surface area (Å²) in [6, 6.07) is 6.77. The molecule has 1 fully saturated rings. The fraction of sp³-hybridized carbons (Fsp3) is 0.600. The SMILES string of the molecule is CCOc1cc(CN2CCNC(C)C2)ccc1OC.Cl. The standard InChI is InChI=1S/C15H24N2O2.ClH/c1-4-19-15-9-13(5-6-14(15)18-3)11-17-8-7-16-12(2)10-17;/h5-6,9,12,16H,4,7-8,10-11H2,1-3H3;1H. The Morgan fingerprint density at radius 2 is 2.15 bits per heavy atom. The Bertz CT molecular complexity index is 415. The van der Waals surface area contributed by atoms with Crippen molar-refractivity contribution in [2.45, 2.75) is 26.4 Å². The summed E-state index contributed by atoms with van der Waals surface area (Å²) in [4.78, 5) is 2.47. The van der Waals surface area contributed by atoms with Crippen molar-refractivity contribution in [1.82, 2.24) is 10.2 Å². The number of nitrogens with zero attached hydrogens (tertiary/aromatic N) is 1. The average molecular weight is 301 g/mol. The highest BCUT2D eigenvalue weighted by Gasteiger charge is 2.16. The lowest BCUT2D eigenvalue weighted by atomic mass is 10.1. The van der Waals surface area contributed by atoms with E-state index in [2.05, 4.69) is 29.3 Å². The van der Waals surface area contributed by atoms with Crippen molar-refractivity contribution < 1.29 is 9.47 Å². The van der Waals surface area contributed by atoms with Crippen molar-refractivity contribution in [1.29, 1.82) is 0 Å². The van der Waals surface area contributed by atoms with Gasteiger partial charge in [0.1, 0.15) is 0 Å². The molecule has 0 bridgehead atoms. The van der Waals surface area contributed by atoms with Gasteiger partial charge in [-0.1, -0.05) is 6.07 Å². The van der Waals surface area contributed by atoms with Crippen LogP contribution in [0, 0.1) is 0 Å². The quantitative estimate of drug-likeness (QED) is 0.905. The highest BCUT2D eigenvalue weighted by atomic mass is 35.5. The Balaban J connectivity index is 0.00000200. The molecule has 1 aromatic rings. The number of nitrogens with one attached hydrogen (secondary N) is 1. The number of benzene rings is 1.